The van der Waals surface area contributed by atoms with Crippen LogP contribution in [0.5, 0.6) is 5.75 Å². The van der Waals surface area contributed by atoms with E-state index in [-0.39, 0.29) is 5.91 Å². The van der Waals surface area contributed by atoms with Crippen LogP contribution in [0.4, 0.5) is 5.69 Å². The van der Waals surface area contributed by atoms with E-state index in [1.807, 2.05) is 11.8 Å². The number of nitrogens with two attached hydrogens (primary N) is 1. The normalized spacial score (nSPS) is 10.3. The molecule has 0 saturated heterocycles. The molecule has 0 aliphatic heterocycles. The van der Waals surface area contributed by atoms with Gasteiger partial charge in [-0.3, -0.25) is 4.79 Å². The number of anilines is 1. The fourth-order valence-electron chi connectivity index (χ4n) is 1.90. The number of methoxy groups -OCH3 is 1. The van der Waals surface area contributed by atoms with E-state index < -0.39 is 0 Å². The van der Waals surface area contributed by atoms with Gasteiger partial charge in [0, 0.05) is 12.1 Å². The summed E-state index contributed by atoms with van der Waals surface area (Å²) in [6.07, 6.45) is 6.79. The molecular formula is C15H24N2O2S. The summed E-state index contributed by atoms with van der Waals surface area (Å²) in [5.41, 5.74) is 6.84. The van der Waals surface area contributed by atoms with Crippen molar-refractivity contribution in [3.63, 3.8) is 0 Å². The molecule has 0 fully saturated rings. The molecule has 5 heteroatoms. The fourth-order valence-corrected chi connectivity index (χ4v) is 2.40. The third-order valence-electron chi connectivity index (χ3n) is 3.05. The number of benzene rings is 1. The van der Waals surface area contributed by atoms with E-state index in [1.165, 1.54) is 18.6 Å². The summed E-state index contributed by atoms with van der Waals surface area (Å²) in [5, 5.41) is 2.91. The number of rotatable bonds is 9. The molecule has 0 heterocycles. The van der Waals surface area contributed by atoms with E-state index in [0.717, 1.165) is 12.8 Å². The Labute approximate surface area is 125 Å². The summed E-state index contributed by atoms with van der Waals surface area (Å²) < 4.78 is 5.07. The molecule has 0 atom stereocenters. The molecule has 1 amide bonds. The molecule has 3 N–H and O–H groups in total. The number of hydrogen-bond donors (Lipinski definition) is 2. The maximum absolute atomic E-state index is 11.9. The minimum atomic E-state index is -0.0801. The van der Waals surface area contributed by atoms with Crippen LogP contribution in [0.3, 0.4) is 0 Å². The molecule has 0 aliphatic carbocycles. The van der Waals surface area contributed by atoms with Crippen molar-refractivity contribution in [3.8, 4) is 5.75 Å². The first-order valence-corrected chi connectivity index (χ1v) is 8.29. The highest BCUT2D eigenvalue weighted by atomic mass is 32.2. The van der Waals surface area contributed by atoms with Gasteiger partial charge in [-0.1, -0.05) is 12.8 Å². The molecule has 112 valence electrons. The second-order valence-electron chi connectivity index (χ2n) is 4.62. The third kappa shape index (κ3) is 5.74. The van der Waals surface area contributed by atoms with Crippen LogP contribution in [-0.2, 0) is 0 Å². The van der Waals surface area contributed by atoms with Crippen molar-refractivity contribution in [3.05, 3.63) is 23.8 Å². The maximum Gasteiger partial charge on any atom is 0.251 e. The molecule has 0 radical (unpaired) electrons. The molecule has 1 aromatic rings. The lowest BCUT2D eigenvalue weighted by molar-refractivity contribution is 0.0953. The van der Waals surface area contributed by atoms with E-state index in [4.69, 9.17) is 10.5 Å². The number of hydrogen-bond acceptors (Lipinski definition) is 4. The van der Waals surface area contributed by atoms with Crippen LogP contribution in [0.25, 0.3) is 0 Å². The molecule has 0 saturated carbocycles. The molecule has 1 rings (SSSR count). The lowest BCUT2D eigenvalue weighted by atomic mass is 10.1. The van der Waals surface area contributed by atoms with Crippen LogP contribution in [0.15, 0.2) is 18.2 Å². The summed E-state index contributed by atoms with van der Waals surface area (Å²) in [4.78, 5) is 11.9. The predicted molar refractivity (Wildman–Crippen MR) is 86.6 cm³/mol. The summed E-state index contributed by atoms with van der Waals surface area (Å²) >= 11 is 1.88. The van der Waals surface area contributed by atoms with Gasteiger partial charge in [0.2, 0.25) is 0 Å². The van der Waals surface area contributed by atoms with Gasteiger partial charge in [-0.2, -0.15) is 11.8 Å². The van der Waals surface area contributed by atoms with Crippen molar-refractivity contribution < 1.29 is 9.53 Å². The molecule has 0 aromatic heterocycles. The Bertz CT molecular complexity index is 424. The Hall–Kier alpha value is -1.36. The Morgan fingerprint density at radius 2 is 2.05 bits per heavy atom. The lowest BCUT2D eigenvalue weighted by Gasteiger charge is -2.08. The van der Waals surface area contributed by atoms with Crippen LogP contribution < -0.4 is 15.8 Å². The number of nitrogen functional groups attached to an aromatic ring is 1. The summed E-state index contributed by atoms with van der Waals surface area (Å²) in [6, 6.07) is 5.09. The van der Waals surface area contributed by atoms with E-state index >= 15 is 0 Å². The van der Waals surface area contributed by atoms with E-state index in [2.05, 4.69) is 11.6 Å². The zero-order chi connectivity index (χ0) is 14.8. The van der Waals surface area contributed by atoms with E-state index in [1.54, 1.807) is 25.3 Å². The topological polar surface area (TPSA) is 64.3 Å². The highest BCUT2D eigenvalue weighted by Crippen LogP contribution is 2.21. The number of unbranched alkanes of at least 4 members (excludes halogenated alkanes) is 3. The maximum atomic E-state index is 11.9. The average Bonchev–Trinajstić information content (AvgIpc) is 2.46. The number of carbonyl (C=O) groups is 1. The van der Waals surface area contributed by atoms with Gasteiger partial charge in [-0.25, -0.2) is 0 Å². The molecule has 20 heavy (non-hydrogen) atoms. The van der Waals surface area contributed by atoms with Crippen LogP contribution in [-0.4, -0.2) is 31.6 Å². The van der Waals surface area contributed by atoms with Crippen molar-refractivity contribution in [2.75, 3.05) is 31.4 Å². The highest BCUT2D eigenvalue weighted by molar-refractivity contribution is 7.98. The number of carbonyl (C=O) groups excluding carboxylic acids is 1. The number of thioether (sulfide) groups is 1. The van der Waals surface area contributed by atoms with Crippen LogP contribution in [0.1, 0.15) is 36.0 Å². The Kier molecular flexibility index (Phi) is 7.95. The Balaban J connectivity index is 2.27. The second kappa shape index (κ2) is 9.53. The highest BCUT2D eigenvalue weighted by Gasteiger charge is 2.07. The molecule has 0 bridgehead atoms. The Morgan fingerprint density at radius 3 is 2.70 bits per heavy atom. The largest absolute Gasteiger partial charge is 0.495 e. The number of nitrogens with one attached hydrogen (secondary N) is 1. The smallest absolute Gasteiger partial charge is 0.251 e. The van der Waals surface area contributed by atoms with Gasteiger partial charge >= 0.3 is 0 Å². The number of amides is 1. The number of ether oxygens (including phenoxy) is 1. The van der Waals surface area contributed by atoms with Gasteiger partial charge in [-0.15, -0.1) is 0 Å². The van der Waals surface area contributed by atoms with Gasteiger partial charge in [0.05, 0.1) is 12.8 Å². The van der Waals surface area contributed by atoms with Gasteiger partial charge in [0.1, 0.15) is 5.75 Å². The average molecular weight is 296 g/mol. The van der Waals surface area contributed by atoms with Crippen LogP contribution in [0, 0.1) is 0 Å². The quantitative estimate of drug-likeness (QED) is 0.543. The molecule has 1 aromatic carbocycles. The zero-order valence-corrected chi connectivity index (χ0v) is 13.1. The lowest BCUT2D eigenvalue weighted by Crippen LogP contribution is -2.24. The predicted octanol–water partition coefficient (Wildman–Crippen LogP) is 2.93. The van der Waals surface area contributed by atoms with Gasteiger partial charge in [0.15, 0.2) is 0 Å². The molecule has 0 aliphatic rings. The van der Waals surface area contributed by atoms with Crippen LogP contribution in [0.2, 0.25) is 0 Å². The van der Waals surface area contributed by atoms with Crippen molar-refractivity contribution in [1.82, 2.24) is 5.32 Å². The minimum absolute atomic E-state index is 0.0801. The van der Waals surface area contributed by atoms with E-state index in [0.29, 0.717) is 23.5 Å². The monoisotopic (exact) mass is 296 g/mol. The molecule has 4 nitrogen and oxygen atoms in total. The first-order chi connectivity index (χ1) is 9.69. The molecule has 0 unspecified atom stereocenters. The first-order valence-electron chi connectivity index (χ1n) is 6.89. The van der Waals surface area contributed by atoms with Gasteiger partial charge < -0.3 is 15.8 Å². The Morgan fingerprint density at radius 1 is 1.30 bits per heavy atom. The minimum Gasteiger partial charge on any atom is -0.495 e. The first kappa shape index (κ1) is 16.7. The van der Waals surface area contributed by atoms with Crippen molar-refractivity contribution in [2.45, 2.75) is 25.7 Å². The van der Waals surface area contributed by atoms with E-state index in [9.17, 15) is 4.79 Å². The third-order valence-corrected chi connectivity index (χ3v) is 3.75. The van der Waals surface area contributed by atoms with Gasteiger partial charge in [-0.05, 0) is 43.0 Å². The van der Waals surface area contributed by atoms with Crippen molar-refractivity contribution in [1.29, 1.82) is 0 Å². The summed E-state index contributed by atoms with van der Waals surface area (Å²) in [7, 11) is 1.56. The van der Waals surface area contributed by atoms with Crippen LogP contribution >= 0.6 is 11.8 Å². The zero-order valence-electron chi connectivity index (χ0n) is 12.3. The molecule has 0 spiro atoms. The standard InChI is InChI=1S/C15H24N2O2S/c1-19-14-8-7-12(11-13(14)16)15(18)17-9-5-3-4-6-10-20-2/h7-8,11H,3-6,9-10,16H2,1-2H3,(H,17,18). The SMILES string of the molecule is COc1ccc(C(=O)NCCCCCCSC)cc1N. The van der Waals surface area contributed by atoms with Crippen molar-refractivity contribution in [2.24, 2.45) is 0 Å². The fraction of sp³-hybridized carbons (Fsp3) is 0.533. The van der Waals surface area contributed by atoms with Gasteiger partial charge in [0.25, 0.3) is 5.91 Å². The molecular weight excluding hydrogens is 272 g/mol. The summed E-state index contributed by atoms with van der Waals surface area (Å²) in [6.45, 7) is 0.712. The summed E-state index contributed by atoms with van der Waals surface area (Å²) in [5.74, 6) is 1.73. The van der Waals surface area contributed by atoms with Crippen molar-refractivity contribution >= 4 is 23.4 Å². The second-order valence-corrected chi connectivity index (χ2v) is 5.61.